The minimum Gasteiger partial charge on any atom is -0.462 e. The maximum Gasteiger partial charge on any atom is 0.319 e. The van der Waals surface area contributed by atoms with E-state index in [1.165, 1.54) is 0 Å². The number of rotatable bonds is 5. The predicted molar refractivity (Wildman–Crippen MR) is 152 cm³/mol. The normalized spacial score (nSPS) is 20.9. The molecule has 3 aliphatic heterocycles. The lowest BCUT2D eigenvalue weighted by molar-refractivity contribution is 0.188. The second kappa shape index (κ2) is 9.28. The van der Waals surface area contributed by atoms with Gasteiger partial charge in [0.05, 0.1) is 16.7 Å². The molecule has 0 unspecified atom stereocenters. The summed E-state index contributed by atoms with van der Waals surface area (Å²) in [5.41, 5.74) is 3.31. The van der Waals surface area contributed by atoms with E-state index in [1.54, 1.807) is 10.9 Å². The van der Waals surface area contributed by atoms with Crippen LogP contribution in [-0.4, -0.2) is 77.1 Å². The molecule has 3 aliphatic rings. The molecule has 1 N–H and O–H groups in total. The van der Waals surface area contributed by atoms with Crippen molar-refractivity contribution < 1.29 is 9.13 Å². The number of nitrogens with one attached hydrogen (secondary N) is 1. The standard InChI is InChI=1S/C29H33ClFN7O/c1-17-6-7-18-12-33-37(3)26(18)22(17)23-21(30)11-20-25(24(23)31)34-28(39-13-19-5-4-9-36(19)2)35-27(20)38-10-8-29(16-38)14-32-15-29/h6-7,11-12,19,32H,4-5,8-10,13-16H2,1-3H3/t19-/m0/s1. The Morgan fingerprint density at radius 1 is 1.18 bits per heavy atom. The lowest BCUT2D eigenvalue weighted by Gasteiger charge is -2.39. The van der Waals surface area contributed by atoms with Crippen LogP contribution < -0.4 is 15.0 Å². The van der Waals surface area contributed by atoms with E-state index in [2.05, 4.69) is 32.2 Å². The Hall–Kier alpha value is -3.01. The number of likely N-dealkylation sites (tertiary alicyclic amines) is 1. The Balaban J connectivity index is 1.39. The number of hydrogen-bond donors (Lipinski definition) is 1. The van der Waals surface area contributed by atoms with E-state index in [4.69, 9.17) is 21.3 Å². The largest absolute Gasteiger partial charge is 0.462 e. The number of anilines is 1. The molecule has 204 valence electrons. The number of hydrogen-bond acceptors (Lipinski definition) is 7. The van der Waals surface area contributed by atoms with Crippen molar-refractivity contribution >= 4 is 39.2 Å². The van der Waals surface area contributed by atoms with Crippen molar-refractivity contribution in [3.8, 4) is 17.1 Å². The summed E-state index contributed by atoms with van der Waals surface area (Å²) < 4.78 is 24.7. The highest BCUT2D eigenvalue weighted by Crippen LogP contribution is 2.44. The molecule has 2 aromatic carbocycles. The van der Waals surface area contributed by atoms with Crippen LogP contribution in [0.15, 0.2) is 24.4 Å². The summed E-state index contributed by atoms with van der Waals surface area (Å²) in [4.78, 5) is 14.1. The number of nitrogens with zero attached hydrogens (tertiary/aromatic N) is 6. The summed E-state index contributed by atoms with van der Waals surface area (Å²) >= 11 is 6.92. The number of halogens is 2. The van der Waals surface area contributed by atoms with Gasteiger partial charge in [0.25, 0.3) is 0 Å². The van der Waals surface area contributed by atoms with Gasteiger partial charge in [0.2, 0.25) is 0 Å². The quantitative estimate of drug-likeness (QED) is 0.391. The molecule has 7 rings (SSSR count). The number of benzene rings is 2. The molecule has 0 radical (unpaired) electrons. The Morgan fingerprint density at radius 2 is 2.03 bits per heavy atom. The van der Waals surface area contributed by atoms with Crippen LogP contribution >= 0.6 is 11.6 Å². The molecule has 8 nitrogen and oxygen atoms in total. The van der Waals surface area contributed by atoms with Gasteiger partial charge in [0, 0.05) is 66.6 Å². The second-order valence-corrected chi connectivity index (χ2v) is 12.0. The molecule has 5 heterocycles. The highest BCUT2D eigenvalue weighted by atomic mass is 35.5. The van der Waals surface area contributed by atoms with Crippen molar-refractivity contribution in [1.29, 1.82) is 0 Å². The number of likely N-dealkylation sites (N-methyl/N-ethyl adjacent to an activating group) is 1. The molecule has 39 heavy (non-hydrogen) atoms. The van der Waals surface area contributed by atoms with Crippen molar-refractivity contribution in [2.24, 2.45) is 12.5 Å². The number of ether oxygens (including phenoxy) is 1. The lowest BCUT2D eigenvalue weighted by Crippen LogP contribution is -2.54. The van der Waals surface area contributed by atoms with E-state index >= 15 is 4.39 Å². The first-order valence-corrected chi connectivity index (χ1v) is 14.1. The van der Waals surface area contributed by atoms with Crippen LogP contribution in [0.25, 0.3) is 32.9 Å². The van der Waals surface area contributed by atoms with Crippen LogP contribution in [-0.2, 0) is 7.05 Å². The first-order chi connectivity index (χ1) is 18.8. The topological polar surface area (TPSA) is 71.3 Å². The summed E-state index contributed by atoms with van der Waals surface area (Å²) in [6, 6.07) is 6.33. The Labute approximate surface area is 232 Å². The molecule has 0 saturated carbocycles. The van der Waals surface area contributed by atoms with Crippen molar-refractivity contribution in [2.45, 2.75) is 32.2 Å². The molecule has 0 bridgehead atoms. The summed E-state index contributed by atoms with van der Waals surface area (Å²) in [6.45, 7) is 7.21. The van der Waals surface area contributed by atoms with E-state index in [0.29, 0.717) is 34.4 Å². The Kier molecular flexibility index (Phi) is 5.95. The van der Waals surface area contributed by atoms with Crippen LogP contribution in [0.2, 0.25) is 5.02 Å². The maximum absolute atomic E-state index is 16.7. The average Bonchev–Trinajstić information content (AvgIpc) is 3.63. The summed E-state index contributed by atoms with van der Waals surface area (Å²) in [5.74, 6) is 0.237. The fraction of sp³-hybridized carbons (Fsp3) is 0.483. The summed E-state index contributed by atoms with van der Waals surface area (Å²) in [7, 11) is 3.97. The van der Waals surface area contributed by atoms with E-state index in [1.807, 2.05) is 32.2 Å². The van der Waals surface area contributed by atoms with Crippen LogP contribution in [0.4, 0.5) is 10.2 Å². The van der Waals surface area contributed by atoms with E-state index in [-0.39, 0.29) is 16.9 Å². The molecular weight excluding hydrogens is 517 g/mol. The van der Waals surface area contributed by atoms with Crippen molar-refractivity contribution in [1.82, 2.24) is 30.0 Å². The Bertz CT molecular complexity index is 1600. The Morgan fingerprint density at radius 3 is 2.74 bits per heavy atom. The van der Waals surface area contributed by atoms with Crippen molar-refractivity contribution in [3.63, 3.8) is 0 Å². The minimum absolute atomic E-state index is 0.216. The zero-order valence-electron chi connectivity index (χ0n) is 22.6. The van der Waals surface area contributed by atoms with Gasteiger partial charge in [-0.15, -0.1) is 0 Å². The van der Waals surface area contributed by atoms with Gasteiger partial charge in [-0.1, -0.05) is 23.7 Å². The van der Waals surface area contributed by atoms with Crippen LogP contribution in [0.3, 0.4) is 0 Å². The molecular formula is C29H33ClFN7O. The third-order valence-corrected chi connectivity index (χ3v) is 9.32. The first-order valence-electron chi connectivity index (χ1n) is 13.7. The molecule has 0 aliphatic carbocycles. The second-order valence-electron chi connectivity index (χ2n) is 11.6. The van der Waals surface area contributed by atoms with Gasteiger partial charge in [0.15, 0.2) is 5.82 Å². The molecule has 10 heteroatoms. The molecule has 0 amide bonds. The monoisotopic (exact) mass is 549 g/mol. The zero-order valence-corrected chi connectivity index (χ0v) is 23.4. The first kappa shape index (κ1) is 25.0. The lowest BCUT2D eigenvalue weighted by atomic mass is 9.81. The molecule has 1 atom stereocenters. The van der Waals surface area contributed by atoms with E-state index in [9.17, 15) is 0 Å². The maximum atomic E-state index is 16.7. The predicted octanol–water partition coefficient (Wildman–Crippen LogP) is 4.56. The minimum atomic E-state index is -0.458. The van der Waals surface area contributed by atoms with Crippen LogP contribution in [0, 0.1) is 18.2 Å². The van der Waals surface area contributed by atoms with Gasteiger partial charge < -0.3 is 19.9 Å². The molecule has 4 aromatic rings. The van der Waals surface area contributed by atoms with Crippen LogP contribution in [0.5, 0.6) is 6.01 Å². The van der Waals surface area contributed by atoms with Gasteiger partial charge in [-0.2, -0.15) is 15.1 Å². The van der Waals surface area contributed by atoms with E-state index in [0.717, 1.165) is 74.0 Å². The molecule has 3 fully saturated rings. The van der Waals surface area contributed by atoms with E-state index < -0.39 is 5.82 Å². The summed E-state index contributed by atoms with van der Waals surface area (Å²) in [5, 5.41) is 9.70. The molecule has 1 spiro atoms. The number of fused-ring (bicyclic) bond motifs is 2. The molecule has 2 aromatic heterocycles. The number of aryl methyl sites for hydroxylation is 2. The van der Waals surface area contributed by atoms with Crippen molar-refractivity contribution in [2.75, 3.05) is 51.3 Å². The van der Waals surface area contributed by atoms with Crippen molar-refractivity contribution in [3.05, 3.63) is 40.8 Å². The SMILES string of the molecule is Cc1ccc2cnn(C)c2c1-c1c(Cl)cc2c(N3CCC4(CNC4)C3)nc(OC[C@@H]3CCCN3C)nc2c1F. The highest BCUT2D eigenvalue weighted by Gasteiger charge is 2.44. The van der Waals surface area contributed by atoms with Gasteiger partial charge in [0.1, 0.15) is 17.9 Å². The van der Waals surface area contributed by atoms with Gasteiger partial charge in [-0.3, -0.25) is 4.68 Å². The average molecular weight is 550 g/mol. The third kappa shape index (κ3) is 4.05. The fourth-order valence-corrected chi connectivity index (χ4v) is 6.91. The smallest absolute Gasteiger partial charge is 0.319 e. The zero-order chi connectivity index (χ0) is 26.9. The van der Waals surface area contributed by atoms with Gasteiger partial charge in [-0.05, 0) is 51.4 Å². The fourth-order valence-electron chi connectivity index (χ4n) is 6.62. The number of aromatic nitrogens is 4. The van der Waals surface area contributed by atoms with Gasteiger partial charge >= 0.3 is 6.01 Å². The molecule has 3 saturated heterocycles. The highest BCUT2D eigenvalue weighted by molar-refractivity contribution is 6.35. The van der Waals surface area contributed by atoms with Gasteiger partial charge in [-0.25, -0.2) is 4.39 Å². The third-order valence-electron chi connectivity index (χ3n) is 9.02. The van der Waals surface area contributed by atoms with Crippen LogP contribution in [0.1, 0.15) is 24.8 Å². The summed E-state index contributed by atoms with van der Waals surface area (Å²) in [6.07, 6.45) is 5.08.